The highest BCUT2D eigenvalue weighted by Crippen LogP contribution is 2.10. The maximum absolute atomic E-state index is 10.5. The average Bonchev–Trinajstić information content (AvgIpc) is 2.14. The van der Waals surface area contributed by atoms with Crippen molar-refractivity contribution in [2.75, 3.05) is 19.0 Å². The van der Waals surface area contributed by atoms with Gasteiger partial charge in [-0.25, -0.2) is 4.98 Å². The third-order valence-corrected chi connectivity index (χ3v) is 1.46. The number of nitrogens with one attached hydrogen (secondary N) is 1. The minimum Gasteiger partial charge on any atom is -0.481 e. The molecular formula is C8H12N4O2. The summed E-state index contributed by atoms with van der Waals surface area (Å²) in [5.74, 6) is 0.319. The van der Waals surface area contributed by atoms with Crippen LogP contribution in [0.25, 0.3) is 0 Å². The van der Waals surface area contributed by atoms with E-state index in [9.17, 15) is 4.79 Å². The highest BCUT2D eigenvalue weighted by Gasteiger charge is 2.02. The van der Waals surface area contributed by atoms with Gasteiger partial charge in [0, 0.05) is 11.8 Å². The maximum Gasteiger partial charge on any atom is 0.236 e. The molecule has 0 aliphatic carbocycles. The Morgan fingerprint density at radius 3 is 2.93 bits per heavy atom. The highest BCUT2D eigenvalue weighted by molar-refractivity contribution is 5.78. The van der Waals surface area contributed by atoms with Gasteiger partial charge >= 0.3 is 0 Å². The number of aromatic nitrogens is 2. The summed E-state index contributed by atoms with van der Waals surface area (Å²) in [6.07, 6.45) is 0. The van der Waals surface area contributed by atoms with E-state index in [4.69, 9.17) is 10.5 Å². The second-order valence-corrected chi connectivity index (χ2v) is 2.70. The summed E-state index contributed by atoms with van der Waals surface area (Å²) in [6.45, 7) is 1.81. The van der Waals surface area contributed by atoms with Gasteiger partial charge in [0.15, 0.2) is 0 Å². The van der Waals surface area contributed by atoms with E-state index in [0.29, 0.717) is 11.8 Å². The molecule has 0 radical (unpaired) electrons. The van der Waals surface area contributed by atoms with E-state index < -0.39 is 5.91 Å². The van der Waals surface area contributed by atoms with E-state index in [2.05, 4.69) is 15.3 Å². The lowest BCUT2D eigenvalue weighted by Crippen LogP contribution is -2.22. The van der Waals surface area contributed by atoms with Crippen LogP contribution < -0.4 is 15.8 Å². The smallest absolute Gasteiger partial charge is 0.236 e. The number of rotatable bonds is 4. The van der Waals surface area contributed by atoms with Crippen molar-refractivity contribution < 1.29 is 9.53 Å². The Morgan fingerprint density at radius 2 is 2.36 bits per heavy atom. The SMILES string of the molecule is COc1cc(C)nc(NCC(N)=O)n1. The first kappa shape index (κ1) is 10.2. The summed E-state index contributed by atoms with van der Waals surface area (Å²) in [5, 5.41) is 2.68. The Bertz CT molecular complexity index is 340. The largest absolute Gasteiger partial charge is 0.481 e. The summed E-state index contributed by atoms with van der Waals surface area (Å²) in [5.41, 5.74) is 5.71. The Hall–Kier alpha value is -1.85. The summed E-state index contributed by atoms with van der Waals surface area (Å²) in [7, 11) is 1.51. The second kappa shape index (κ2) is 4.40. The first-order chi connectivity index (χ1) is 6.61. The average molecular weight is 196 g/mol. The molecule has 0 unspecified atom stereocenters. The molecule has 1 heterocycles. The van der Waals surface area contributed by atoms with Gasteiger partial charge in [-0.2, -0.15) is 4.98 Å². The first-order valence-corrected chi connectivity index (χ1v) is 4.03. The molecule has 1 amide bonds. The van der Waals surface area contributed by atoms with Gasteiger partial charge in [0.05, 0.1) is 13.7 Å². The Labute approximate surface area is 81.5 Å². The van der Waals surface area contributed by atoms with E-state index in [1.807, 2.05) is 0 Å². The number of nitrogens with zero attached hydrogens (tertiary/aromatic N) is 2. The van der Waals surface area contributed by atoms with Crippen LogP contribution in [0.2, 0.25) is 0 Å². The number of primary amides is 1. The summed E-state index contributed by atoms with van der Waals surface area (Å²) < 4.78 is 4.94. The van der Waals surface area contributed by atoms with Crippen LogP contribution in [-0.4, -0.2) is 29.5 Å². The molecule has 14 heavy (non-hydrogen) atoms. The van der Waals surface area contributed by atoms with Crippen LogP contribution >= 0.6 is 0 Å². The number of ether oxygens (including phenoxy) is 1. The molecule has 0 aliphatic rings. The van der Waals surface area contributed by atoms with Gasteiger partial charge in [-0.05, 0) is 6.92 Å². The molecule has 0 atom stereocenters. The van der Waals surface area contributed by atoms with E-state index >= 15 is 0 Å². The quantitative estimate of drug-likeness (QED) is 0.689. The third kappa shape index (κ3) is 2.89. The fourth-order valence-electron chi connectivity index (χ4n) is 0.889. The number of carbonyl (C=O) groups is 1. The third-order valence-electron chi connectivity index (χ3n) is 1.46. The minimum absolute atomic E-state index is 0.00656. The van der Waals surface area contributed by atoms with Crippen molar-refractivity contribution in [3.8, 4) is 5.88 Å². The molecule has 1 aromatic rings. The van der Waals surface area contributed by atoms with Crippen LogP contribution in [-0.2, 0) is 4.79 Å². The predicted molar refractivity (Wildman–Crippen MR) is 51.0 cm³/mol. The summed E-state index contributed by atoms with van der Waals surface area (Å²) in [4.78, 5) is 18.5. The number of hydrogen-bond donors (Lipinski definition) is 2. The molecule has 0 spiro atoms. The van der Waals surface area contributed by atoms with E-state index in [0.717, 1.165) is 5.69 Å². The van der Waals surface area contributed by atoms with Crippen molar-refractivity contribution in [1.82, 2.24) is 9.97 Å². The van der Waals surface area contributed by atoms with Crippen molar-refractivity contribution in [2.45, 2.75) is 6.92 Å². The molecule has 0 fully saturated rings. The number of carbonyl (C=O) groups excluding carboxylic acids is 1. The lowest BCUT2D eigenvalue weighted by atomic mass is 10.4. The van der Waals surface area contributed by atoms with Gasteiger partial charge in [0.2, 0.25) is 17.7 Å². The van der Waals surface area contributed by atoms with Crippen molar-refractivity contribution in [2.24, 2.45) is 5.73 Å². The number of anilines is 1. The number of amides is 1. The van der Waals surface area contributed by atoms with Crippen LogP contribution in [0.5, 0.6) is 5.88 Å². The van der Waals surface area contributed by atoms with Crippen molar-refractivity contribution in [1.29, 1.82) is 0 Å². The molecule has 76 valence electrons. The first-order valence-electron chi connectivity index (χ1n) is 4.03. The molecule has 0 saturated carbocycles. The molecule has 0 aromatic carbocycles. The van der Waals surface area contributed by atoms with Crippen LogP contribution in [0.15, 0.2) is 6.07 Å². The molecule has 1 aromatic heterocycles. The van der Waals surface area contributed by atoms with Gasteiger partial charge in [-0.3, -0.25) is 4.79 Å². The minimum atomic E-state index is -0.464. The lowest BCUT2D eigenvalue weighted by Gasteiger charge is -2.05. The number of nitrogens with two attached hydrogens (primary N) is 1. The van der Waals surface area contributed by atoms with Gasteiger partial charge in [-0.1, -0.05) is 0 Å². The van der Waals surface area contributed by atoms with E-state index in [-0.39, 0.29) is 6.54 Å². The van der Waals surface area contributed by atoms with Crippen LogP contribution in [0, 0.1) is 6.92 Å². The zero-order valence-electron chi connectivity index (χ0n) is 8.07. The van der Waals surface area contributed by atoms with E-state index in [1.54, 1.807) is 13.0 Å². The molecule has 0 saturated heterocycles. The second-order valence-electron chi connectivity index (χ2n) is 2.70. The fraction of sp³-hybridized carbons (Fsp3) is 0.375. The van der Waals surface area contributed by atoms with E-state index in [1.165, 1.54) is 7.11 Å². The molecule has 1 rings (SSSR count). The lowest BCUT2D eigenvalue weighted by molar-refractivity contribution is -0.116. The van der Waals surface area contributed by atoms with Gasteiger partial charge in [-0.15, -0.1) is 0 Å². The Kier molecular flexibility index (Phi) is 3.22. The summed E-state index contributed by atoms with van der Waals surface area (Å²) >= 11 is 0. The van der Waals surface area contributed by atoms with Crippen molar-refractivity contribution in [3.05, 3.63) is 11.8 Å². The Balaban J connectivity index is 2.76. The maximum atomic E-state index is 10.5. The molecular weight excluding hydrogens is 184 g/mol. The number of hydrogen-bond acceptors (Lipinski definition) is 5. The molecule has 0 aliphatic heterocycles. The normalized spacial score (nSPS) is 9.57. The van der Waals surface area contributed by atoms with Gasteiger partial charge in [0.25, 0.3) is 0 Å². The molecule has 6 nitrogen and oxygen atoms in total. The molecule has 3 N–H and O–H groups in total. The monoisotopic (exact) mass is 196 g/mol. The van der Waals surface area contributed by atoms with Crippen LogP contribution in [0.4, 0.5) is 5.95 Å². The van der Waals surface area contributed by atoms with Crippen LogP contribution in [0.3, 0.4) is 0 Å². The predicted octanol–water partition coefficient (Wildman–Crippen LogP) is -0.309. The van der Waals surface area contributed by atoms with Crippen molar-refractivity contribution in [3.63, 3.8) is 0 Å². The Morgan fingerprint density at radius 1 is 1.64 bits per heavy atom. The van der Waals surface area contributed by atoms with Gasteiger partial charge < -0.3 is 15.8 Å². The highest BCUT2D eigenvalue weighted by atomic mass is 16.5. The number of aryl methyl sites for hydroxylation is 1. The zero-order chi connectivity index (χ0) is 10.6. The fourth-order valence-corrected chi connectivity index (χ4v) is 0.889. The molecule has 6 heteroatoms. The summed E-state index contributed by atoms with van der Waals surface area (Å²) in [6, 6.07) is 1.69. The topological polar surface area (TPSA) is 90.1 Å². The number of methoxy groups -OCH3 is 1. The standard InChI is InChI=1S/C8H12N4O2/c1-5-3-7(14-2)12-8(11-5)10-4-6(9)13/h3H,4H2,1-2H3,(H2,9,13)(H,10,11,12). The van der Waals surface area contributed by atoms with Crippen LogP contribution in [0.1, 0.15) is 5.69 Å². The van der Waals surface area contributed by atoms with Gasteiger partial charge in [0.1, 0.15) is 0 Å². The zero-order valence-corrected chi connectivity index (χ0v) is 8.07. The van der Waals surface area contributed by atoms with Crippen molar-refractivity contribution >= 4 is 11.9 Å². The molecule has 0 bridgehead atoms.